The van der Waals surface area contributed by atoms with E-state index in [0.29, 0.717) is 12.5 Å². The predicted molar refractivity (Wildman–Crippen MR) is 109 cm³/mol. The van der Waals surface area contributed by atoms with Gasteiger partial charge in [-0.15, -0.1) is 0 Å². The number of ether oxygens (including phenoxy) is 1. The van der Waals surface area contributed by atoms with E-state index in [-0.39, 0.29) is 11.3 Å². The van der Waals surface area contributed by atoms with Crippen molar-refractivity contribution in [3.05, 3.63) is 81.8 Å². The van der Waals surface area contributed by atoms with Crippen molar-refractivity contribution >= 4 is 11.6 Å². The second-order valence-electron chi connectivity index (χ2n) is 6.38. The van der Waals surface area contributed by atoms with Crippen molar-refractivity contribution in [1.29, 1.82) is 0 Å². The summed E-state index contributed by atoms with van der Waals surface area (Å²) >= 11 is 0. The number of nitrogens with one attached hydrogen (secondary N) is 1. The molecule has 140 valence electrons. The van der Waals surface area contributed by atoms with E-state index in [1.54, 1.807) is 6.20 Å². The fraction of sp³-hybridized carbons (Fsp3) is 0.273. The molecule has 0 spiro atoms. The molecule has 0 saturated carbocycles. The Hall–Kier alpha value is -3.08. The van der Waals surface area contributed by atoms with E-state index in [2.05, 4.69) is 42.3 Å². The first-order valence-electron chi connectivity index (χ1n) is 9.22. The van der Waals surface area contributed by atoms with Crippen LogP contribution in [-0.2, 0) is 19.4 Å². The van der Waals surface area contributed by atoms with Crippen molar-refractivity contribution in [2.75, 3.05) is 12.4 Å². The van der Waals surface area contributed by atoms with Gasteiger partial charge in [-0.2, -0.15) is 4.98 Å². The summed E-state index contributed by atoms with van der Waals surface area (Å²) in [7, 11) is 1.48. The van der Waals surface area contributed by atoms with Crippen LogP contribution in [0.25, 0.3) is 0 Å². The quantitative estimate of drug-likeness (QED) is 0.684. The summed E-state index contributed by atoms with van der Waals surface area (Å²) in [5, 5.41) is 3.38. The Bertz CT molecular complexity index is 965. The Morgan fingerprint density at radius 1 is 1.04 bits per heavy atom. The van der Waals surface area contributed by atoms with Crippen molar-refractivity contribution < 1.29 is 4.74 Å². The number of rotatable bonds is 7. The molecule has 0 aliphatic rings. The van der Waals surface area contributed by atoms with Gasteiger partial charge in [0.1, 0.15) is 0 Å². The molecule has 0 aliphatic carbocycles. The van der Waals surface area contributed by atoms with Gasteiger partial charge in [-0.05, 0) is 35.6 Å². The normalized spacial score (nSPS) is 10.6. The molecule has 5 nitrogen and oxygen atoms in total. The molecule has 2 aromatic carbocycles. The molecule has 0 amide bonds. The Morgan fingerprint density at radius 3 is 2.48 bits per heavy atom. The highest BCUT2D eigenvalue weighted by atomic mass is 16.5. The topological polar surface area (TPSA) is 56.1 Å². The molecule has 0 radical (unpaired) electrons. The maximum atomic E-state index is 12.3. The minimum absolute atomic E-state index is 0.231. The zero-order valence-corrected chi connectivity index (χ0v) is 16.0. The third-order valence-corrected chi connectivity index (χ3v) is 4.59. The monoisotopic (exact) mass is 363 g/mol. The van der Waals surface area contributed by atoms with Crippen molar-refractivity contribution in [2.24, 2.45) is 0 Å². The Balaban J connectivity index is 2.04. The molecule has 3 rings (SSSR count). The smallest absolute Gasteiger partial charge is 0.316 e. The number of hydrogen-bond acceptors (Lipinski definition) is 4. The molecule has 5 heteroatoms. The van der Waals surface area contributed by atoms with E-state index < -0.39 is 0 Å². The molecular formula is C22H25N3O2. The molecule has 0 unspecified atom stereocenters. The third kappa shape index (κ3) is 4.37. The summed E-state index contributed by atoms with van der Waals surface area (Å²) in [6.45, 7) is 4.83. The lowest BCUT2D eigenvalue weighted by Crippen LogP contribution is -2.19. The zero-order chi connectivity index (χ0) is 19.2. The van der Waals surface area contributed by atoms with Crippen LogP contribution in [0.4, 0.5) is 11.6 Å². The average Bonchev–Trinajstić information content (AvgIpc) is 2.70. The van der Waals surface area contributed by atoms with E-state index in [0.717, 1.165) is 24.1 Å². The summed E-state index contributed by atoms with van der Waals surface area (Å²) in [4.78, 5) is 16.5. The molecule has 0 atom stereocenters. The van der Waals surface area contributed by atoms with Gasteiger partial charge < -0.3 is 14.6 Å². The molecule has 0 fully saturated rings. The summed E-state index contributed by atoms with van der Waals surface area (Å²) in [5.41, 5.74) is 4.14. The van der Waals surface area contributed by atoms with E-state index in [4.69, 9.17) is 4.74 Å². The Morgan fingerprint density at radius 2 is 1.81 bits per heavy atom. The molecule has 0 saturated heterocycles. The lowest BCUT2D eigenvalue weighted by atomic mass is 10.1. The number of aromatic nitrogens is 2. The Kier molecular flexibility index (Phi) is 5.91. The Labute approximate surface area is 159 Å². The van der Waals surface area contributed by atoms with Gasteiger partial charge >= 0.3 is 5.56 Å². The van der Waals surface area contributed by atoms with Crippen LogP contribution >= 0.6 is 0 Å². The molecule has 1 N–H and O–H groups in total. The third-order valence-electron chi connectivity index (χ3n) is 4.59. The number of anilines is 2. The lowest BCUT2D eigenvalue weighted by Gasteiger charge is -2.17. The number of hydrogen-bond donors (Lipinski definition) is 1. The van der Waals surface area contributed by atoms with Gasteiger partial charge in [0, 0.05) is 5.69 Å². The fourth-order valence-electron chi connectivity index (χ4n) is 3.00. The average molecular weight is 363 g/mol. The SMILES string of the molecule is CCc1ccc(CC)c(Nc2nc(=O)c(OC)cn2Cc2ccccc2)c1. The van der Waals surface area contributed by atoms with Crippen LogP contribution in [0.1, 0.15) is 30.5 Å². The predicted octanol–water partition coefficient (Wildman–Crippen LogP) is 4.17. The molecule has 3 aromatic rings. The van der Waals surface area contributed by atoms with Crippen molar-refractivity contribution in [3.8, 4) is 5.75 Å². The minimum atomic E-state index is -0.381. The van der Waals surface area contributed by atoms with Gasteiger partial charge in [0.15, 0.2) is 0 Å². The molecule has 0 bridgehead atoms. The summed E-state index contributed by atoms with van der Waals surface area (Å²) in [6.07, 6.45) is 3.55. The standard InChI is InChI=1S/C22H25N3O2/c1-4-16-11-12-18(5-2)19(13-16)23-22-24-21(26)20(27-3)15-25(22)14-17-9-7-6-8-10-17/h6-13,15H,4-5,14H2,1-3H3,(H,23,24,26). The molecule has 1 heterocycles. The fourth-order valence-corrected chi connectivity index (χ4v) is 3.00. The first-order chi connectivity index (χ1) is 13.1. The number of nitrogens with zero attached hydrogens (tertiary/aromatic N) is 2. The van der Waals surface area contributed by atoms with Gasteiger partial charge in [-0.1, -0.05) is 56.3 Å². The summed E-state index contributed by atoms with van der Waals surface area (Å²) in [5.74, 6) is 0.738. The van der Waals surface area contributed by atoms with Crippen LogP contribution in [0, 0.1) is 0 Å². The molecule has 27 heavy (non-hydrogen) atoms. The van der Waals surface area contributed by atoms with Crippen LogP contribution in [0.5, 0.6) is 5.75 Å². The lowest BCUT2D eigenvalue weighted by molar-refractivity contribution is 0.402. The highest BCUT2D eigenvalue weighted by Crippen LogP contribution is 2.23. The molecule has 1 aromatic heterocycles. The minimum Gasteiger partial charge on any atom is -0.490 e. The second kappa shape index (κ2) is 8.54. The number of aryl methyl sites for hydroxylation is 2. The van der Waals surface area contributed by atoms with Crippen LogP contribution in [0.2, 0.25) is 0 Å². The van der Waals surface area contributed by atoms with Gasteiger partial charge in [-0.3, -0.25) is 4.79 Å². The number of benzene rings is 2. The summed E-state index contributed by atoms with van der Waals surface area (Å²) in [6, 6.07) is 16.5. The molecular weight excluding hydrogens is 338 g/mol. The van der Waals surface area contributed by atoms with Gasteiger partial charge in [0.25, 0.3) is 0 Å². The van der Waals surface area contributed by atoms with Crippen LogP contribution in [0.15, 0.2) is 59.5 Å². The van der Waals surface area contributed by atoms with Crippen LogP contribution in [0.3, 0.4) is 0 Å². The van der Waals surface area contributed by atoms with Crippen LogP contribution in [-0.4, -0.2) is 16.7 Å². The van der Waals surface area contributed by atoms with E-state index in [1.165, 1.54) is 18.2 Å². The van der Waals surface area contributed by atoms with Crippen molar-refractivity contribution in [1.82, 2.24) is 9.55 Å². The number of methoxy groups -OCH3 is 1. The van der Waals surface area contributed by atoms with Crippen molar-refractivity contribution in [2.45, 2.75) is 33.2 Å². The first kappa shape index (κ1) is 18.7. The van der Waals surface area contributed by atoms with Gasteiger partial charge in [-0.25, -0.2) is 0 Å². The van der Waals surface area contributed by atoms with Gasteiger partial charge in [0.05, 0.1) is 19.9 Å². The van der Waals surface area contributed by atoms with E-state index in [9.17, 15) is 4.79 Å². The maximum Gasteiger partial charge on any atom is 0.316 e. The van der Waals surface area contributed by atoms with Crippen molar-refractivity contribution in [3.63, 3.8) is 0 Å². The van der Waals surface area contributed by atoms with Gasteiger partial charge in [0.2, 0.25) is 11.7 Å². The first-order valence-corrected chi connectivity index (χ1v) is 9.22. The maximum absolute atomic E-state index is 12.3. The largest absolute Gasteiger partial charge is 0.490 e. The highest BCUT2D eigenvalue weighted by Gasteiger charge is 2.12. The van der Waals surface area contributed by atoms with E-state index in [1.807, 2.05) is 34.9 Å². The van der Waals surface area contributed by atoms with Crippen LogP contribution < -0.4 is 15.6 Å². The van der Waals surface area contributed by atoms with E-state index >= 15 is 0 Å². The highest BCUT2D eigenvalue weighted by molar-refractivity contribution is 5.60. The second-order valence-corrected chi connectivity index (χ2v) is 6.38. The zero-order valence-electron chi connectivity index (χ0n) is 16.0. The molecule has 0 aliphatic heterocycles. The summed E-state index contributed by atoms with van der Waals surface area (Å²) < 4.78 is 7.10.